The summed E-state index contributed by atoms with van der Waals surface area (Å²) in [6, 6.07) is 9.35. The first kappa shape index (κ1) is 26.3. The number of ether oxygens (including phenoxy) is 2. The molecule has 0 aliphatic carbocycles. The normalized spacial score (nSPS) is 13.3. The van der Waals surface area contributed by atoms with Crippen molar-refractivity contribution >= 4 is 27.5 Å². The van der Waals surface area contributed by atoms with Crippen LogP contribution >= 0.6 is 0 Å². The molecule has 1 aliphatic rings. The first-order valence-corrected chi connectivity index (χ1v) is 13.2. The lowest BCUT2D eigenvalue weighted by Crippen LogP contribution is -2.52. The van der Waals surface area contributed by atoms with Gasteiger partial charge in [0.1, 0.15) is 18.4 Å². The van der Waals surface area contributed by atoms with E-state index in [2.05, 4.69) is 5.32 Å². The van der Waals surface area contributed by atoms with Crippen molar-refractivity contribution in [1.82, 2.24) is 10.2 Å². The number of carbonyl (C=O) groups is 2. The van der Waals surface area contributed by atoms with Gasteiger partial charge in [0.15, 0.2) is 11.5 Å². The van der Waals surface area contributed by atoms with Crippen LogP contribution in [-0.2, 0) is 26.2 Å². The van der Waals surface area contributed by atoms with Crippen molar-refractivity contribution in [2.75, 3.05) is 30.4 Å². The van der Waals surface area contributed by atoms with Crippen LogP contribution in [0.1, 0.15) is 32.3 Å². The number of fused-ring (bicyclic) bond motifs is 1. The molecule has 9 nitrogen and oxygen atoms in total. The van der Waals surface area contributed by atoms with Gasteiger partial charge >= 0.3 is 0 Å². The number of nitrogens with zero attached hydrogens (tertiary/aromatic N) is 2. The summed E-state index contributed by atoms with van der Waals surface area (Å²) in [4.78, 5) is 27.8. The number of hydrogen-bond donors (Lipinski definition) is 1. The average molecular weight is 508 g/mol. The topological polar surface area (TPSA) is 105 Å². The van der Waals surface area contributed by atoms with Crippen LogP contribution in [0.5, 0.6) is 11.5 Å². The maximum atomic E-state index is 13.6. The SMILES string of the molecule is CCCNC(=O)[C@H](CC)N(Cc1ccc(F)cc1)C(=O)CN(c1ccc2c(c1)OCO2)S(C)(=O)=O. The molecule has 2 aromatic carbocycles. The Bertz CT molecular complexity index is 1160. The van der Waals surface area contributed by atoms with Gasteiger partial charge in [-0.3, -0.25) is 13.9 Å². The molecule has 11 heteroatoms. The molecule has 3 rings (SSSR count). The molecule has 1 heterocycles. The van der Waals surface area contributed by atoms with E-state index in [9.17, 15) is 22.4 Å². The molecule has 2 amide bonds. The highest BCUT2D eigenvalue weighted by molar-refractivity contribution is 7.92. The van der Waals surface area contributed by atoms with E-state index in [1.165, 1.54) is 41.3 Å². The predicted molar refractivity (Wildman–Crippen MR) is 129 cm³/mol. The number of benzene rings is 2. The highest BCUT2D eigenvalue weighted by atomic mass is 32.2. The van der Waals surface area contributed by atoms with E-state index in [4.69, 9.17) is 9.47 Å². The minimum Gasteiger partial charge on any atom is -0.454 e. The van der Waals surface area contributed by atoms with Gasteiger partial charge < -0.3 is 19.7 Å². The first-order chi connectivity index (χ1) is 16.6. The molecule has 35 heavy (non-hydrogen) atoms. The van der Waals surface area contributed by atoms with E-state index >= 15 is 0 Å². The summed E-state index contributed by atoms with van der Waals surface area (Å²) in [5.41, 5.74) is 0.839. The monoisotopic (exact) mass is 507 g/mol. The van der Waals surface area contributed by atoms with Gasteiger partial charge in [0.05, 0.1) is 11.9 Å². The lowest BCUT2D eigenvalue weighted by atomic mass is 10.1. The van der Waals surface area contributed by atoms with Gasteiger partial charge in [-0.25, -0.2) is 12.8 Å². The molecule has 1 aliphatic heterocycles. The Hall–Kier alpha value is -3.34. The molecule has 0 bridgehead atoms. The number of rotatable bonds is 11. The van der Waals surface area contributed by atoms with Gasteiger partial charge in [0, 0.05) is 19.2 Å². The van der Waals surface area contributed by atoms with Gasteiger partial charge in [-0.05, 0) is 42.7 Å². The molecule has 2 aromatic rings. The summed E-state index contributed by atoms with van der Waals surface area (Å²) in [6.07, 6.45) is 2.03. The van der Waals surface area contributed by atoms with Crippen LogP contribution in [0.25, 0.3) is 0 Å². The van der Waals surface area contributed by atoms with E-state index in [1.54, 1.807) is 13.0 Å². The summed E-state index contributed by atoms with van der Waals surface area (Å²) in [5, 5.41) is 2.80. The second-order valence-corrected chi connectivity index (χ2v) is 10.1. The number of sulfonamides is 1. The zero-order valence-electron chi connectivity index (χ0n) is 20.0. The maximum absolute atomic E-state index is 13.6. The van der Waals surface area contributed by atoms with Crippen LogP contribution in [0.3, 0.4) is 0 Å². The van der Waals surface area contributed by atoms with Crippen LogP contribution in [0.15, 0.2) is 42.5 Å². The van der Waals surface area contributed by atoms with E-state index in [0.717, 1.165) is 17.0 Å². The molecular formula is C24H30FN3O6S. The second-order valence-electron chi connectivity index (χ2n) is 8.17. The standard InChI is InChI=1S/C24H30FN3O6S/c1-4-12-26-24(30)20(5-2)27(14-17-6-8-18(25)9-7-17)23(29)15-28(35(3,31)32)19-10-11-21-22(13-19)34-16-33-21/h6-11,13,20H,4-5,12,14-16H2,1-3H3,(H,26,30)/t20-/m0/s1. The molecule has 0 aromatic heterocycles. The number of carbonyl (C=O) groups excluding carboxylic acids is 2. The fraction of sp³-hybridized carbons (Fsp3) is 0.417. The van der Waals surface area contributed by atoms with Crippen LogP contribution in [0.2, 0.25) is 0 Å². The fourth-order valence-corrected chi connectivity index (χ4v) is 4.57. The van der Waals surface area contributed by atoms with Gasteiger partial charge in [-0.1, -0.05) is 26.0 Å². The minimum absolute atomic E-state index is 0.00983. The highest BCUT2D eigenvalue weighted by Crippen LogP contribution is 2.36. The summed E-state index contributed by atoms with van der Waals surface area (Å²) in [5.74, 6) is -0.484. The van der Waals surface area contributed by atoms with Gasteiger partial charge in [-0.2, -0.15) is 0 Å². The van der Waals surface area contributed by atoms with Crippen molar-refractivity contribution in [3.63, 3.8) is 0 Å². The quantitative estimate of drug-likeness (QED) is 0.501. The van der Waals surface area contributed by atoms with E-state index in [0.29, 0.717) is 30.0 Å². The van der Waals surface area contributed by atoms with Gasteiger partial charge in [-0.15, -0.1) is 0 Å². The molecule has 0 fully saturated rings. The first-order valence-electron chi connectivity index (χ1n) is 11.3. The molecule has 0 saturated heterocycles. The Kier molecular flexibility index (Phi) is 8.55. The Morgan fingerprint density at radius 1 is 1.09 bits per heavy atom. The third-order valence-electron chi connectivity index (χ3n) is 5.52. The molecule has 0 radical (unpaired) electrons. The minimum atomic E-state index is -3.87. The fourth-order valence-electron chi connectivity index (χ4n) is 3.73. The summed E-state index contributed by atoms with van der Waals surface area (Å²) >= 11 is 0. The summed E-state index contributed by atoms with van der Waals surface area (Å²) in [6.45, 7) is 3.63. The van der Waals surface area contributed by atoms with Crippen molar-refractivity contribution in [2.24, 2.45) is 0 Å². The van der Waals surface area contributed by atoms with Crippen molar-refractivity contribution in [1.29, 1.82) is 0 Å². The zero-order chi connectivity index (χ0) is 25.6. The largest absolute Gasteiger partial charge is 0.454 e. The molecule has 0 unspecified atom stereocenters. The van der Waals surface area contributed by atoms with E-state index < -0.39 is 34.3 Å². The number of halogens is 1. The van der Waals surface area contributed by atoms with E-state index in [1.807, 2.05) is 6.92 Å². The highest BCUT2D eigenvalue weighted by Gasteiger charge is 2.32. The van der Waals surface area contributed by atoms with Crippen molar-refractivity contribution in [3.05, 3.63) is 53.8 Å². The molecule has 0 saturated carbocycles. The second kappa shape index (κ2) is 11.4. The Labute approximate surface area is 204 Å². The van der Waals surface area contributed by atoms with Crippen molar-refractivity contribution < 1.29 is 31.9 Å². The Balaban J connectivity index is 1.93. The zero-order valence-corrected chi connectivity index (χ0v) is 20.8. The smallest absolute Gasteiger partial charge is 0.244 e. The van der Waals surface area contributed by atoms with Crippen molar-refractivity contribution in [3.8, 4) is 11.5 Å². The van der Waals surface area contributed by atoms with Crippen molar-refractivity contribution in [2.45, 2.75) is 39.3 Å². The molecule has 190 valence electrons. The van der Waals surface area contributed by atoms with E-state index in [-0.39, 0.29) is 24.9 Å². The predicted octanol–water partition coefficient (Wildman–Crippen LogP) is 2.65. The average Bonchev–Trinajstić information content (AvgIpc) is 3.29. The Morgan fingerprint density at radius 3 is 2.40 bits per heavy atom. The summed E-state index contributed by atoms with van der Waals surface area (Å²) in [7, 11) is -3.87. The number of nitrogens with one attached hydrogen (secondary N) is 1. The maximum Gasteiger partial charge on any atom is 0.244 e. The lowest BCUT2D eigenvalue weighted by molar-refractivity contribution is -0.140. The lowest BCUT2D eigenvalue weighted by Gasteiger charge is -2.32. The van der Waals surface area contributed by atoms with Crippen LogP contribution in [-0.4, -0.2) is 57.3 Å². The number of hydrogen-bond acceptors (Lipinski definition) is 6. The van der Waals surface area contributed by atoms with Crippen LogP contribution in [0.4, 0.5) is 10.1 Å². The van der Waals surface area contributed by atoms with Crippen LogP contribution in [0, 0.1) is 5.82 Å². The molecule has 1 atom stereocenters. The molecule has 1 N–H and O–H groups in total. The summed E-state index contributed by atoms with van der Waals surface area (Å²) < 4.78 is 50.3. The molecule has 0 spiro atoms. The third kappa shape index (κ3) is 6.62. The number of anilines is 1. The van der Waals surface area contributed by atoms with Gasteiger partial charge in [0.25, 0.3) is 0 Å². The Morgan fingerprint density at radius 2 is 1.77 bits per heavy atom. The van der Waals surface area contributed by atoms with Gasteiger partial charge in [0.2, 0.25) is 28.6 Å². The molecular weight excluding hydrogens is 477 g/mol. The number of amides is 2. The third-order valence-corrected chi connectivity index (χ3v) is 6.67. The van der Waals surface area contributed by atoms with Crippen LogP contribution < -0.4 is 19.1 Å².